The fourth-order valence-corrected chi connectivity index (χ4v) is 1.92. The molecule has 0 amide bonds. The van der Waals surface area contributed by atoms with Crippen molar-refractivity contribution in [3.05, 3.63) is 64.4 Å². The van der Waals surface area contributed by atoms with E-state index in [-0.39, 0.29) is 12.4 Å². The number of rotatable bonds is 5. The van der Waals surface area contributed by atoms with Crippen LogP contribution in [0.15, 0.2) is 42.5 Å². The fraction of sp³-hybridized carbons (Fsp3) is 0.200. The van der Waals surface area contributed by atoms with Crippen molar-refractivity contribution in [3.63, 3.8) is 0 Å². The van der Waals surface area contributed by atoms with Crippen LogP contribution in [0.1, 0.15) is 11.1 Å². The van der Waals surface area contributed by atoms with Crippen molar-refractivity contribution < 1.29 is 9.13 Å². The van der Waals surface area contributed by atoms with Crippen molar-refractivity contribution in [2.45, 2.75) is 13.0 Å². The molecule has 2 nitrogen and oxygen atoms in total. The van der Waals surface area contributed by atoms with E-state index in [4.69, 9.17) is 22.1 Å². The zero-order valence-corrected chi connectivity index (χ0v) is 11.2. The molecule has 2 rings (SSSR count). The highest BCUT2D eigenvalue weighted by molar-refractivity contribution is 6.30. The van der Waals surface area contributed by atoms with Crippen molar-refractivity contribution in [2.24, 2.45) is 5.73 Å². The highest BCUT2D eigenvalue weighted by atomic mass is 35.5. The van der Waals surface area contributed by atoms with Crippen molar-refractivity contribution in [1.82, 2.24) is 0 Å². The van der Waals surface area contributed by atoms with E-state index in [9.17, 15) is 4.39 Å². The quantitative estimate of drug-likeness (QED) is 0.908. The van der Waals surface area contributed by atoms with Crippen LogP contribution in [0.5, 0.6) is 5.75 Å². The van der Waals surface area contributed by atoms with Crippen LogP contribution in [0.4, 0.5) is 4.39 Å². The minimum Gasteiger partial charge on any atom is -0.489 e. The first-order chi connectivity index (χ1) is 9.19. The van der Waals surface area contributed by atoms with Gasteiger partial charge in [0.25, 0.3) is 0 Å². The van der Waals surface area contributed by atoms with Crippen LogP contribution in [-0.2, 0) is 13.0 Å². The van der Waals surface area contributed by atoms with Gasteiger partial charge in [0.2, 0.25) is 0 Å². The maximum Gasteiger partial charge on any atom is 0.131 e. The third-order valence-electron chi connectivity index (χ3n) is 2.74. The molecule has 0 aliphatic heterocycles. The first-order valence-electron chi connectivity index (χ1n) is 6.05. The maximum atomic E-state index is 13.6. The third kappa shape index (κ3) is 3.94. The van der Waals surface area contributed by atoms with Crippen LogP contribution < -0.4 is 10.5 Å². The number of ether oxygens (including phenoxy) is 1. The molecule has 0 radical (unpaired) electrons. The van der Waals surface area contributed by atoms with Crippen LogP contribution in [0.3, 0.4) is 0 Å². The molecule has 0 spiro atoms. The van der Waals surface area contributed by atoms with E-state index < -0.39 is 0 Å². The average Bonchev–Trinajstić information content (AvgIpc) is 2.38. The molecule has 0 atom stereocenters. The van der Waals surface area contributed by atoms with Crippen LogP contribution in [0.2, 0.25) is 5.02 Å². The average molecular weight is 280 g/mol. The number of nitrogens with two attached hydrogens (primary N) is 1. The molecule has 0 bridgehead atoms. The molecule has 0 aliphatic carbocycles. The fourth-order valence-electron chi connectivity index (χ4n) is 1.76. The summed E-state index contributed by atoms with van der Waals surface area (Å²) in [5.41, 5.74) is 7.09. The van der Waals surface area contributed by atoms with E-state index in [0.29, 0.717) is 22.9 Å². The van der Waals surface area contributed by atoms with Crippen LogP contribution in [0, 0.1) is 5.82 Å². The molecule has 0 aromatic heterocycles. The van der Waals surface area contributed by atoms with Gasteiger partial charge in [-0.3, -0.25) is 0 Å². The zero-order chi connectivity index (χ0) is 13.7. The Balaban J connectivity index is 2.03. The van der Waals surface area contributed by atoms with Gasteiger partial charge in [-0.1, -0.05) is 29.8 Å². The predicted molar refractivity (Wildman–Crippen MR) is 74.9 cm³/mol. The Labute approximate surface area is 117 Å². The number of halogens is 2. The summed E-state index contributed by atoms with van der Waals surface area (Å²) in [4.78, 5) is 0. The summed E-state index contributed by atoms with van der Waals surface area (Å²) in [7, 11) is 0. The summed E-state index contributed by atoms with van der Waals surface area (Å²) < 4.78 is 19.1. The smallest absolute Gasteiger partial charge is 0.131 e. The lowest BCUT2D eigenvalue weighted by Gasteiger charge is -2.08. The SMILES string of the molecule is NCCc1cccc(OCc2ccc(Cl)cc2F)c1. The zero-order valence-electron chi connectivity index (χ0n) is 10.4. The lowest BCUT2D eigenvalue weighted by atomic mass is 10.1. The molecule has 0 aliphatic rings. The molecule has 0 saturated carbocycles. The molecule has 0 saturated heterocycles. The van der Waals surface area contributed by atoms with Gasteiger partial charge < -0.3 is 10.5 Å². The minimum atomic E-state index is -0.356. The lowest BCUT2D eigenvalue weighted by Crippen LogP contribution is -2.03. The lowest BCUT2D eigenvalue weighted by molar-refractivity contribution is 0.299. The van der Waals surface area contributed by atoms with E-state index in [2.05, 4.69) is 0 Å². The van der Waals surface area contributed by atoms with E-state index in [0.717, 1.165) is 12.0 Å². The highest BCUT2D eigenvalue weighted by Crippen LogP contribution is 2.18. The Bertz CT molecular complexity index is 560. The second kappa shape index (κ2) is 6.55. The van der Waals surface area contributed by atoms with Crippen LogP contribution in [-0.4, -0.2) is 6.54 Å². The Kier molecular flexibility index (Phi) is 4.77. The van der Waals surface area contributed by atoms with Crippen molar-refractivity contribution in [2.75, 3.05) is 6.54 Å². The Morgan fingerprint density at radius 3 is 2.74 bits per heavy atom. The highest BCUT2D eigenvalue weighted by Gasteiger charge is 2.04. The Morgan fingerprint density at radius 2 is 2.00 bits per heavy atom. The van der Waals surface area contributed by atoms with Crippen molar-refractivity contribution in [3.8, 4) is 5.75 Å². The van der Waals surface area contributed by atoms with Gasteiger partial charge in [0, 0.05) is 10.6 Å². The molecule has 19 heavy (non-hydrogen) atoms. The minimum absolute atomic E-state index is 0.176. The van der Waals surface area contributed by atoms with Crippen molar-refractivity contribution >= 4 is 11.6 Å². The summed E-state index contributed by atoms with van der Waals surface area (Å²) in [6.45, 7) is 0.768. The van der Waals surface area contributed by atoms with Gasteiger partial charge >= 0.3 is 0 Å². The number of hydrogen-bond acceptors (Lipinski definition) is 2. The molecular formula is C15H15ClFNO. The van der Waals surface area contributed by atoms with Gasteiger partial charge in [0.1, 0.15) is 18.2 Å². The second-order valence-corrected chi connectivity index (χ2v) is 4.65. The van der Waals surface area contributed by atoms with E-state index in [1.54, 1.807) is 12.1 Å². The normalized spacial score (nSPS) is 10.5. The third-order valence-corrected chi connectivity index (χ3v) is 2.98. The maximum absolute atomic E-state index is 13.6. The van der Waals surface area contributed by atoms with Crippen LogP contribution >= 0.6 is 11.6 Å². The predicted octanol–water partition coefficient (Wildman–Crippen LogP) is 3.56. The van der Waals surface area contributed by atoms with Gasteiger partial charge in [0.05, 0.1) is 0 Å². The number of hydrogen-bond donors (Lipinski definition) is 1. The largest absolute Gasteiger partial charge is 0.489 e. The first kappa shape index (κ1) is 13.8. The molecule has 0 unspecified atom stereocenters. The van der Waals surface area contributed by atoms with E-state index in [1.807, 2.05) is 24.3 Å². The molecule has 0 heterocycles. The second-order valence-electron chi connectivity index (χ2n) is 4.21. The molecule has 2 aromatic carbocycles. The Morgan fingerprint density at radius 1 is 1.16 bits per heavy atom. The first-order valence-corrected chi connectivity index (χ1v) is 6.42. The van der Waals surface area contributed by atoms with Crippen LogP contribution in [0.25, 0.3) is 0 Å². The summed E-state index contributed by atoms with van der Waals surface area (Å²) in [6.07, 6.45) is 0.798. The molecule has 0 fully saturated rings. The number of benzene rings is 2. The molecular weight excluding hydrogens is 265 g/mol. The molecule has 100 valence electrons. The summed E-state index contributed by atoms with van der Waals surface area (Å²) >= 11 is 5.70. The van der Waals surface area contributed by atoms with Gasteiger partial charge in [-0.2, -0.15) is 0 Å². The molecule has 4 heteroatoms. The topological polar surface area (TPSA) is 35.2 Å². The standard InChI is InChI=1S/C15H15ClFNO/c16-13-5-4-12(15(17)9-13)10-19-14-3-1-2-11(8-14)6-7-18/h1-5,8-9H,6-7,10,18H2. The van der Waals surface area contributed by atoms with Gasteiger partial charge in [-0.25, -0.2) is 4.39 Å². The molecule has 2 aromatic rings. The van der Waals surface area contributed by atoms with E-state index >= 15 is 0 Å². The monoisotopic (exact) mass is 279 g/mol. The Hall–Kier alpha value is -1.58. The van der Waals surface area contributed by atoms with E-state index in [1.165, 1.54) is 6.07 Å². The summed E-state index contributed by atoms with van der Waals surface area (Å²) in [5, 5.41) is 0.381. The van der Waals surface area contributed by atoms with Gasteiger partial charge in [-0.05, 0) is 42.8 Å². The van der Waals surface area contributed by atoms with Gasteiger partial charge in [-0.15, -0.1) is 0 Å². The molecule has 2 N–H and O–H groups in total. The van der Waals surface area contributed by atoms with Crippen molar-refractivity contribution in [1.29, 1.82) is 0 Å². The summed E-state index contributed by atoms with van der Waals surface area (Å²) in [6, 6.07) is 12.2. The summed E-state index contributed by atoms with van der Waals surface area (Å²) in [5.74, 6) is 0.353. The van der Waals surface area contributed by atoms with Gasteiger partial charge in [0.15, 0.2) is 0 Å².